The Hall–Kier alpha value is -2.22. The van der Waals surface area contributed by atoms with Crippen LogP contribution in [0, 0.1) is 0 Å². The first-order valence-corrected chi connectivity index (χ1v) is 8.31. The second-order valence-corrected chi connectivity index (χ2v) is 6.43. The molecule has 0 saturated carbocycles. The Balaban J connectivity index is 1.71. The monoisotopic (exact) mass is 352 g/mol. The van der Waals surface area contributed by atoms with E-state index in [0.717, 1.165) is 42.9 Å². The minimum absolute atomic E-state index is 0.322. The van der Waals surface area contributed by atoms with E-state index in [9.17, 15) is 13.6 Å². The van der Waals surface area contributed by atoms with Crippen LogP contribution < -0.4 is 10.2 Å². The maximum atomic E-state index is 13.0. The van der Waals surface area contributed by atoms with Crippen molar-refractivity contribution in [1.82, 2.24) is 15.1 Å². The first-order valence-electron chi connectivity index (χ1n) is 8.31. The van der Waals surface area contributed by atoms with Crippen LogP contribution in [-0.2, 0) is 16.1 Å². The molecular formula is C17H22F2N4O2. The van der Waals surface area contributed by atoms with Gasteiger partial charge in [0.15, 0.2) is 0 Å². The standard InChI is InChI=1S/C17H22F2N4O2/c1-12(21-16(24)17(2,18)19)11-23-15-4-3-14(9-13(15)10-20-23)22-5-7-25-8-6-22/h3-4,9-10,12H,5-8,11H2,1-2H3,(H,21,24). The third-order valence-electron chi connectivity index (χ3n) is 4.22. The SMILES string of the molecule is CC(Cn1ncc2cc(N3CCOCC3)ccc21)NC(=O)C(C)(F)F. The van der Waals surface area contributed by atoms with Crippen molar-refractivity contribution >= 4 is 22.5 Å². The molecular weight excluding hydrogens is 330 g/mol. The lowest BCUT2D eigenvalue weighted by Crippen LogP contribution is -2.44. The van der Waals surface area contributed by atoms with Gasteiger partial charge in [-0.15, -0.1) is 0 Å². The molecule has 8 heteroatoms. The molecule has 1 aliphatic rings. The number of alkyl halides is 2. The van der Waals surface area contributed by atoms with Crippen molar-refractivity contribution in [3.63, 3.8) is 0 Å². The highest BCUT2D eigenvalue weighted by molar-refractivity contribution is 5.84. The second-order valence-electron chi connectivity index (χ2n) is 6.43. The summed E-state index contributed by atoms with van der Waals surface area (Å²) in [6.45, 7) is 5.74. The number of amides is 1. The van der Waals surface area contributed by atoms with E-state index in [0.29, 0.717) is 13.5 Å². The Morgan fingerprint density at radius 1 is 1.40 bits per heavy atom. The van der Waals surface area contributed by atoms with Gasteiger partial charge in [-0.05, 0) is 25.1 Å². The van der Waals surface area contributed by atoms with Crippen molar-refractivity contribution in [1.29, 1.82) is 0 Å². The number of hydrogen-bond donors (Lipinski definition) is 1. The van der Waals surface area contributed by atoms with E-state index < -0.39 is 17.9 Å². The van der Waals surface area contributed by atoms with Gasteiger partial charge in [0, 0.05) is 37.1 Å². The maximum absolute atomic E-state index is 13.0. The third-order valence-corrected chi connectivity index (χ3v) is 4.22. The zero-order valence-electron chi connectivity index (χ0n) is 14.3. The first kappa shape index (κ1) is 17.6. The van der Waals surface area contributed by atoms with E-state index in [4.69, 9.17) is 4.74 Å². The highest BCUT2D eigenvalue weighted by Crippen LogP contribution is 2.23. The Morgan fingerprint density at radius 3 is 2.80 bits per heavy atom. The Morgan fingerprint density at radius 2 is 2.12 bits per heavy atom. The van der Waals surface area contributed by atoms with Crippen molar-refractivity contribution in [2.45, 2.75) is 32.4 Å². The van der Waals surface area contributed by atoms with Crippen molar-refractivity contribution < 1.29 is 18.3 Å². The number of aromatic nitrogens is 2. The van der Waals surface area contributed by atoms with Gasteiger partial charge in [-0.1, -0.05) is 0 Å². The van der Waals surface area contributed by atoms with Crippen LogP contribution >= 0.6 is 0 Å². The number of ether oxygens (including phenoxy) is 1. The van der Waals surface area contributed by atoms with Crippen LogP contribution in [0.3, 0.4) is 0 Å². The molecule has 2 heterocycles. The number of carbonyl (C=O) groups is 1. The normalized spacial score (nSPS) is 16.9. The number of fused-ring (bicyclic) bond motifs is 1. The van der Waals surface area contributed by atoms with Gasteiger partial charge in [0.05, 0.1) is 31.5 Å². The molecule has 2 aromatic rings. The van der Waals surface area contributed by atoms with Crippen LogP contribution in [0.5, 0.6) is 0 Å². The summed E-state index contributed by atoms with van der Waals surface area (Å²) < 4.78 is 33.0. The second kappa shape index (κ2) is 6.95. The highest BCUT2D eigenvalue weighted by Gasteiger charge is 2.32. The number of halogens is 2. The quantitative estimate of drug-likeness (QED) is 0.895. The molecule has 0 spiro atoms. The van der Waals surface area contributed by atoms with Crippen LogP contribution in [0.25, 0.3) is 10.9 Å². The van der Waals surface area contributed by atoms with Gasteiger partial charge in [-0.25, -0.2) is 0 Å². The van der Waals surface area contributed by atoms with Crippen molar-refractivity contribution in [3.05, 3.63) is 24.4 Å². The molecule has 25 heavy (non-hydrogen) atoms. The Kier molecular flexibility index (Phi) is 4.89. The molecule has 1 atom stereocenters. The van der Waals surface area contributed by atoms with Gasteiger partial charge in [0.25, 0.3) is 5.91 Å². The van der Waals surface area contributed by atoms with Crippen molar-refractivity contribution in [2.24, 2.45) is 0 Å². The topological polar surface area (TPSA) is 59.4 Å². The molecule has 1 aliphatic heterocycles. The molecule has 0 aliphatic carbocycles. The summed E-state index contributed by atoms with van der Waals surface area (Å²) in [5, 5.41) is 7.61. The van der Waals surface area contributed by atoms with Crippen LogP contribution in [0.15, 0.2) is 24.4 Å². The predicted octanol–water partition coefficient (Wildman–Crippen LogP) is 2.03. The third kappa shape index (κ3) is 4.07. The van der Waals surface area contributed by atoms with E-state index in [1.54, 1.807) is 17.8 Å². The molecule has 1 unspecified atom stereocenters. The van der Waals surface area contributed by atoms with E-state index >= 15 is 0 Å². The largest absolute Gasteiger partial charge is 0.378 e. The summed E-state index contributed by atoms with van der Waals surface area (Å²) in [5.41, 5.74) is 2.02. The van der Waals surface area contributed by atoms with Gasteiger partial charge in [-0.3, -0.25) is 9.48 Å². The molecule has 6 nitrogen and oxygen atoms in total. The average Bonchev–Trinajstić information content (AvgIpc) is 2.97. The predicted molar refractivity (Wildman–Crippen MR) is 91.0 cm³/mol. The molecule has 1 fully saturated rings. The lowest BCUT2D eigenvalue weighted by Gasteiger charge is -2.28. The van der Waals surface area contributed by atoms with Crippen molar-refractivity contribution in [3.8, 4) is 0 Å². The number of rotatable bonds is 5. The van der Waals surface area contributed by atoms with Crippen LogP contribution in [0.1, 0.15) is 13.8 Å². The van der Waals surface area contributed by atoms with Gasteiger partial charge in [-0.2, -0.15) is 13.9 Å². The van der Waals surface area contributed by atoms with E-state index in [1.807, 2.05) is 12.1 Å². The van der Waals surface area contributed by atoms with E-state index in [-0.39, 0.29) is 0 Å². The fourth-order valence-corrected chi connectivity index (χ4v) is 2.89. The van der Waals surface area contributed by atoms with Gasteiger partial charge < -0.3 is 15.0 Å². The summed E-state index contributed by atoms with van der Waals surface area (Å²) in [7, 11) is 0. The lowest BCUT2D eigenvalue weighted by molar-refractivity contribution is -0.143. The highest BCUT2D eigenvalue weighted by atomic mass is 19.3. The van der Waals surface area contributed by atoms with Crippen molar-refractivity contribution in [2.75, 3.05) is 31.2 Å². The number of carbonyl (C=O) groups excluding carboxylic acids is 1. The van der Waals surface area contributed by atoms with Crippen LogP contribution in [0.2, 0.25) is 0 Å². The summed E-state index contributed by atoms with van der Waals surface area (Å²) >= 11 is 0. The minimum atomic E-state index is -3.38. The molecule has 0 radical (unpaired) electrons. The molecule has 1 amide bonds. The Bertz CT molecular complexity index is 751. The zero-order valence-corrected chi connectivity index (χ0v) is 14.3. The molecule has 1 N–H and O–H groups in total. The average molecular weight is 352 g/mol. The summed E-state index contributed by atoms with van der Waals surface area (Å²) in [6.07, 6.45) is 1.75. The van der Waals surface area contributed by atoms with Gasteiger partial charge >= 0.3 is 5.92 Å². The molecule has 3 rings (SSSR count). The minimum Gasteiger partial charge on any atom is -0.378 e. The first-order chi connectivity index (χ1) is 11.8. The fraction of sp³-hybridized carbons (Fsp3) is 0.529. The number of hydrogen-bond acceptors (Lipinski definition) is 4. The summed E-state index contributed by atoms with van der Waals surface area (Å²) in [5.74, 6) is -4.65. The Labute approximate surface area is 144 Å². The number of anilines is 1. The number of nitrogens with zero attached hydrogens (tertiary/aromatic N) is 3. The maximum Gasteiger partial charge on any atom is 0.321 e. The molecule has 1 aromatic heterocycles. The van der Waals surface area contributed by atoms with E-state index in [1.165, 1.54) is 0 Å². The zero-order chi connectivity index (χ0) is 18.0. The summed E-state index contributed by atoms with van der Waals surface area (Å²) in [6, 6.07) is 5.60. The molecule has 136 valence electrons. The number of benzene rings is 1. The fourth-order valence-electron chi connectivity index (χ4n) is 2.89. The smallest absolute Gasteiger partial charge is 0.321 e. The molecule has 1 saturated heterocycles. The number of nitrogens with one attached hydrogen (secondary N) is 1. The number of morpholine rings is 1. The van der Waals surface area contributed by atoms with Gasteiger partial charge in [0.1, 0.15) is 0 Å². The van der Waals surface area contributed by atoms with Gasteiger partial charge in [0.2, 0.25) is 0 Å². The lowest BCUT2D eigenvalue weighted by atomic mass is 10.2. The van der Waals surface area contributed by atoms with E-state index in [2.05, 4.69) is 21.4 Å². The van der Waals surface area contributed by atoms with Crippen LogP contribution in [-0.4, -0.2) is 54.0 Å². The van der Waals surface area contributed by atoms with Crippen LogP contribution in [0.4, 0.5) is 14.5 Å². The summed E-state index contributed by atoms with van der Waals surface area (Å²) in [4.78, 5) is 13.6. The molecule has 0 bridgehead atoms. The molecule has 1 aromatic carbocycles.